The summed E-state index contributed by atoms with van der Waals surface area (Å²) in [7, 11) is 0. The van der Waals surface area contributed by atoms with Gasteiger partial charge in [-0.05, 0) is 28.8 Å². The molecule has 146 valence electrons. The monoisotopic (exact) mass is 388 g/mol. The van der Waals surface area contributed by atoms with E-state index < -0.39 is 30.4 Å². The number of carbonyl (C=O) groups excluding carboxylic acids is 1. The van der Waals surface area contributed by atoms with Gasteiger partial charge >= 0.3 is 12.2 Å². The van der Waals surface area contributed by atoms with Gasteiger partial charge in [0.15, 0.2) is 0 Å². The first kappa shape index (κ1) is 20.6. The number of hydrogen-bond donors (Lipinski definition) is 2. The van der Waals surface area contributed by atoms with Gasteiger partial charge in [0.1, 0.15) is 18.2 Å². The van der Waals surface area contributed by atoms with E-state index in [1.165, 1.54) is 0 Å². The first-order chi connectivity index (χ1) is 12.7. The van der Waals surface area contributed by atoms with E-state index in [1.54, 1.807) is 24.3 Å². The van der Waals surface area contributed by atoms with Gasteiger partial charge in [-0.3, -0.25) is 0 Å². The summed E-state index contributed by atoms with van der Waals surface area (Å²) in [5, 5.41) is 5.03. The van der Waals surface area contributed by atoms with Crippen LogP contribution in [0.3, 0.4) is 0 Å². The molecule has 2 aromatic rings. The molecular formula is C18H17F5N2O2. The second-order valence-electron chi connectivity index (χ2n) is 5.74. The minimum atomic E-state index is -4.37. The molecule has 0 unspecified atom stereocenters. The molecule has 0 radical (unpaired) electrons. The van der Waals surface area contributed by atoms with Crippen LogP contribution in [0.4, 0.5) is 26.7 Å². The number of carbonyl (C=O) groups is 1. The smallest absolute Gasteiger partial charge is 0.367 e. The lowest BCUT2D eigenvalue weighted by atomic mass is 10.1. The predicted molar refractivity (Wildman–Crippen MR) is 87.6 cm³/mol. The van der Waals surface area contributed by atoms with E-state index in [2.05, 4.69) is 15.4 Å². The van der Waals surface area contributed by atoms with Crippen molar-refractivity contribution in [3.05, 3.63) is 70.8 Å². The number of alkyl halides is 3. The molecule has 0 atom stereocenters. The summed E-state index contributed by atoms with van der Waals surface area (Å²) in [6.07, 6.45) is -4.37. The van der Waals surface area contributed by atoms with Crippen LogP contribution in [0.1, 0.15) is 16.7 Å². The van der Waals surface area contributed by atoms with Gasteiger partial charge in [-0.25, -0.2) is 13.6 Å². The van der Waals surface area contributed by atoms with Crippen molar-refractivity contribution in [3.8, 4) is 0 Å². The Morgan fingerprint density at radius 2 is 1.37 bits per heavy atom. The lowest BCUT2D eigenvalue weighted by Crippen LogP contribution is -2.34. The zero-order valence-electron chi connectivity index (χ0n) is 14.1. The average Bonchev–Trinajstić information content (AvgIpc) is 2.57. The van der Waals surface area contributed by atoms with Gasteiger partial charge in [0.25, 0.3) is 0 Å². The van der Waals surface area contributed by atoms with E-state index in [4.69, 9.17) is 0 Å². The zero-order chi connectivity index (χ0) is 19.9. The van der Waals surface area contributed by atoms with E-state index in [0.29, 0.717) is 5.56 Å². The van der Waals surface area contributed by atoms with Crippen LogP contribution in [0, 0.1) is 11.6 Å². The molecule has 0 saturated heterocycles. The molecule has 2 amide bonds. The predicted octanol–water partition coefficient (Wildman–Crippen LogP) is 4.04. The first-order valence-electron chi connectivity index (χ1n) is 7.90. The molecular weight excluding hydrogens is 371 g/mol. The molecule has 2 rings (SSSR count). The fourth-order valence-corrected chi connectivity index (χ4v) is 2.18. The lowest BCUT2D eigenvalue weighted by molar-refractivity contribution is -0.176. The molecule has 0 aliphatic heterocycles. The lowest BCUT2D eigenvalue weighted by Gasteiger charge is -2.10. The standard InChI is InChI=1S/C18H17F5N2O2/c19-15-5-14(6-16(20)7-15)9-25-17(26)24-8-12-1-3-13(4-2-12)10-27-11-18(21,22)23/h1-7H,8-11H2,(H2,24,25,26). The number of benzene rings is 2. The highest BCUT2D eigenvalue weighted by Gasteiger charge is 2.27. The van der Waals surface area contributed by atoms with E-state index in [-0.39, 0.29) is 25.3 Å². The summed E-state index contributed by atoms with van der Waals surface area (Å²) in [5.41, 5.74) is 1.58. The fourth-order valence-electron chi connectivity index (χ4n) is 2.18. The molecule has 9 heteroatoms. The number of urea groups is 1. The van der Waals surface area contributed by atoms with Gasteiger partial charge in [-0.15, -0.1) is 0 Å². The van der Waals surface area contributed by atoms with E-state index in [1.807, 2.05) is 0 Å². The highest BCUT2D eigenvalue weighted by Crippen LogP contribution is 2.16. The molecule has 4 nitrogen and oxygen atoms in total. The maximum Gasteiger partial charge on any atom is 0.411 e. The van der Waals surface area contributed by atoms with Crippen LogP contribution in [-0.2, 0) is 24.4 Å². The minimum Gasteiger partial charge on any atom is -0.367 e. The van der Waals surface area contributed by atoms with Crippen molar-refractivity contribution in [3.63, 3.8) is 0 Å². The van der Waals surface area contributed by atoms with Crippen molar-refractivity contribution in [1.82, 2.24) is 10.6 Å². The van der Waals surface area contributed by atoms with Crippen molar-refractivity contribution < 1.29 is 31.5 Å². The van der Waals surface area contributed by atoms with Gasteiger partial charge in [0.05, 0.1) is 6.61 Å². The molecule has 0 aromatic heterocycles. The number of rotatable bonds is 7. The largest absolute Gasteiger partial charge is 0.411 e. The van der Waals surface area contributed by atoms with Crippen LogP contribution in [-0.4, -0.2) is 18.8 Å². The second kappa shape index (κ2) is 9.31. The Morgan fingerprint density at radius 3 is 1.93 bits per heavy atom. The second-order valence-corrected chi connectivity index (χ2v) is 5.74. The molecule has 27 heavy (non-hydrogen) atoms. The average molecular weight is 388 g/mol. The topological polar surface area (TPSA) is 50.4 Å². The van der Waals surface area contributed by atoms with Crippen LogP contribution < -0.4 is 10.6 Å². The summed E-state index contributed by atoms with van der Waals surface area (Å²) < 4.78 is 66.7. The normalized spacial score (nSPS) is 11.3. The van der Waals surface area contributed by atoms with Gasteiger partial charge in [0.2, 0.25) is 0 Å². The molecule has 2 aromatic carbocycles. The highest BCUT2D eigenvalue weighted by molar-refractivity contribution is 5.73. The molecule has 0 heterocycles. The number of halogens is 5. The van der Waals surface area contributed by atoms with Crippen LogP contribution in [0.25, 0.3) is 0 Å². The van der Waals surface area contributed by atoms with E-state index in [0.717, 1.165) is 23.8 Å². The quantitative estimate of drug-likeness (QED) is 0.704. The summed E-state index contributed by atoms with van der Waals surface area (Å²) in [6.45, 7) is -1.35. The maximum absolute atomic E-state index is 13.1. The zero-order valence-corrected chi connectivity index (χ0v) is 14.1. The number of nitrogens with one attached hydrogen (secondary N) is 2. The summed E-state index contributed by atoms with van der Waals surface area (Å²) in [6, 6.07) is 8.93. The Balaban J connectivity index is 1.73. The van der Waals surface area contributed by atoms with Crippen LogP contribution in [0.5, 0.6) is 0 Å². The molecule has 0 bridgehead atoms. The molecule has 0 aliphatic carbocycles. The summed E-state index contributed by atoms with van der Waals surface area (Å²) in [4.78, 5) is 11.7. The molecule has 2 N–H and O–H groups in total. The highest BCUT2D eigenvalue weighted by atomic mass is 19.4. The fraction of sp³-hybridized carbons (Fsp3) is 0.278. The maximum atomic E-state index is 13.1. The van der Waals surface area contributed by atoms with Crippen LogP contribution >= 0.6 is 0 Å². The molecule has 0 fully saturated rings. The van der Waals surface area contributed by atoms with Crippen molar-refractivity contribution in [1.29, 1.82) is 0 Å². The van der Waals surface area contributed by atoms with Crippen molar-refractivity contribution in [2.75, 3.05) is 6.61 Å². The number of hydrogen-bond acceptors (Lipinski definition) is 2. The van der Waals surface area contributed by atoms with E-state index in [9.17, 15) is 26.7 Å². The Bertz CT molecular complexity index is 743. The number of ether oxygens (including phenoxy) is 1. The number of amides is 2. The van der Waals surface area contributed by atoms with Gasteiger partial charge < -0.3 is 15.4 Å². The Labute approximate surface area is 152 Å². The first-order valence-corrected chi connectivity index (χ1v) is 7.90. The van der Waals surface area contributed by atoms with Crippen molar-refractivity contribution in [2.24, 2.45) is 0 Å². The third-order valence-corrected chi connectivity index (χ3v) is 3.39. The summed E-state index contributed by atoms with van der Waals surface area (Å²) in [5.74, 6) is -1.46. The summed E-state index contributed by atoms with van der Waals surface area (Å²) >= 11 is 0. The Kier molecular flexibility index (Phi) is 7.12. The SMILES string of the molecule is O=C(NCc1ccc(COCC(F)(F)F)cc1)NCc1cc(F)cc(F)c1. The van der Waals surface area contributed by atoms with Gasteiger partial charge in [0, 0.05) is 19.2 Å². The van der Waals surface area contributed by atoms with Crippen molar-refractivity contribution >= 4 is 6.03 Å². The van der Waals surface area contributed by atoms with Gasteiger partial charge in [-0.1, -0.05) is 24.3 Å². The van der Waals surface area contributed by atoms with E-state index >= 15 is 0 Å². The Hall–Kier alpha value is -2.68. The van der Waals surface area contributed by atoms with Crippen molar-refractivity contribution in [2.45, 2.75) is 25.9 Å². The van der Waals surface area contributed by atoms with Crippen LogP contribution in [0.2, 0.25) is 0 Å². The van der Waals surface area contributed by atoms with Crippen LogP contribution in [0.15, 0.2) is 42.5 Å². The Morgan fingerprint density at radius 1 is 0.852 bits per heavy atom. The third-order valence-electron chi connectivity index (χ3n) is 3.39. The minimum absolute atomic E-state index is 0.0456. The molecule has 0 aliphatic rings. The van der Waals surface area contributed by atoms with Gasteiger partial charge in [-0.2, -0.15) is 13.2 Å². The molecule has 0 spiro atoms. The molecule has 0 saturated carbocycles. The third kappa shape index (κ3) is 8.04.